The normalized spacial score (nSPS) is 14.3. The van der Waals surface area contributed by atoms with Gasteiger partial charge in [-0.05, 0) is 71.6 Å². The van der Waals surface area contributed by atoms with Crippen molar-refractivity contribution in [3.63, 3.8) is 0 Å². The van der Waals surface area contributed by atoms with Crippen LogP contribution in [0.25, 0.3) is 10.9 Å². The lowest BCUT2D eigenvalue weighted by atomic mass is 9.88. The average Bonchev–Trinajstić information content (AvgIpc) is 2.88. The van der Waals surface area contributed by atoms with Crippen molar-refractivity contribution in [2.24, 2.45) is 5.10 Å². The Kier molecular flexibility index (Phi) is 8.79. The molecule has 0 radical (unpaired) electrons. The molecule has 36 heavy (non-hydrogen) atoms. The fourth-order valence-electron chi connectivity index (χ4n) is 4.28. The Bertz CT molecular complexity index is 1350. The van der Waals surface area contributed by atoms with E-state index >= 15 is 0 Å². The number of ether oxygens (including phenoxy) is 3. The van der Waals surface area contributed by atoms with Gasteiger partial charge in [0.05, 0.1) is 35.3 Å². The van der Waals surface area contributed by atoms with Gasteiger partial charge < -0.3 is 14.2 Å². The van der Waals surface area contributed by atoms with E-state index < -0.39 is 5.97 Å². The minimum absolute atomic E-state index is 0.177. The summed E-state index contributed by atoms with van der Waals surface area (Å²) in [5, 5.41) is 5.10. The number of benzene rings is 2. The van der Waals surface area contributed by atoms with Crippen LogP contribution in [-0.4, -0.2) is 42.2 Å². The van der Waals surface area contributed by atoms with E-state index in [0.29, 0.717) is 44.9 Å². The van der Waals surface area contributed by atoms with Gasteiger partial charge in [0.1, 0.15) is 5.82 Å². The zero-order chi connectivity index (χ0) is 25.7. The number of halogens is 2. The summed E-state index contributed by atoms with van der Waals surface area (Å²) in [6, 6.07) is 9.07. The SMILES string of the molecule is CCOc1cc(C=Nn2c(C3CCCCC3)nc3ccc(Br)cc3c2=O)cc(Br)c1OCC(=O)OC. The molecule has 3 aromatic rings. The van der Waals surface area contributed by atoms with E-state index in [1.807, 2.05) is 19.1 Å². The number of hydrogen-bond acceptors (Lipinski definition) is 7. The van der Waals surface area contributed by atoms with E-state index in [9.17, 15) is 9.59 Å². The van der Waals surface area contributed by atoms with Crippen molar-refractivity contribution in [3.05, 3.63) is 61.0 Å². The minimum Gasteiger partial charge on any atom is -0.490 e. The summed E-state index contributed by atoms with van der Waals surface area (Å²) >= 11 is 6.94. The van der Waals surface area contributed by atoms with Gasteiger partial charge in [-0.2, -0.15) is 9.78 Å². The first kappa shape index (κ1) is 26.3. The summed E-state index contributed by atoms with van der Waals surface area (Å²) in [5.41, 5.74) is 1.15. The molecule has 0 saturated heterocycles. The average molecular weight is 621 g/mol. The molecule has 1 heterocycles. The van der Waals surface area contributed by atoms with Crippen LogP contribution in [0.15, 0.2) is 49.2 Å². The molecule has 10 heteroatoms. The molecule has 0 aliphatic heterocycles. The van der Waals surface area contributed by atoms with Crippen LogP contribution >= 0.6 is 31.9 Å². The third-order valence-corrected chi connectivity index (χ3v) is 7.10. The summed E-state index contributed by atoms with van der Waals surface area (Å²) < 4.78 is 18.8. The molecule has 1 aliphatic carbocycles. The maximum absolute atomic E-state index is 13.5. The van der Waals surface area contributed by atoms with Gasteiger partial charge in [0.15, 0.2) is 18.1 Å². The molecule has 1 aliphatic rings. The van der Waals surface area contributed by atoms with E-state index in [2.05, 4.69) is 41.7 Å². The number of aromatic nitrogens is 2. The highest BCUT2D eigenvalue weighted by Crippen LogP contribution is 2.37. The van der Waals surface area contributed by atoms with Gasteiger partial charge in [0, 0.05) is 10.4 Å². The smallest absolute Gasteiger partial charge is 0.343 e. The molecule has 2 aromatic carbocycles. The molecule has 0 spiro atoms. The van der Waals surface area contributed by atoms with Crippen LogP contribution in [0.3, 0.4) is 0 Å². The van der Waals surface area contributed by atoms with Crippen LogP contribution in [0.5, 0.6) is 11.5 Å². The Labute approximate surface area is 225 Å². The lowest BCUT2D eigenvalue weighted by Crippen LogP contribution is -2.25. The highest BCUT2D eigenvalue weighted by molar-refractivity contribution is 9.10. The monoisotopic (exact) mass is 619 g/mol. The first-order chi connectivity index (χ1) is 17.4. The second kappa shape index (κ2) is 12.0. The number of methoxy groups -OCH3 is 1. The third-order valence-electron chi connectivity index (χ3n) is 6.02. The molecule has 0 unspecified atom stereocenters. The standard InChI is InChI=1S/C26H27Br2N3O5/c1-3-35-22-12-16(11-20(28)24(22)36-15-23(32)34-2)14-29-31-25(17-7-5-4-6-8-17)30-21-10-9-18(27)13-19(21)26(31)33/h9-14,17H,3-8,15H2,1-2H3. The maximum atomic E-state index is 13.5. The van der Waals surface area contributed by atoms with Gasteiger partial charge in [0.2, 0.25) is 0 Å². The summed E-state index contributed by atoms with van der Waals surface area (Å²) in [4.78, 5) is 29.9. The van der Waals surface area contributed by atoms with Crippen LogP contribution in [0, 0.1) is 0 Å². The number of fused-ring (bicyclic) bond motifs is 1. The number of esters is 1. The topological polar surface area (TPSA) is 92.0 Å². The molecule has 0 atom stereocenters. The van der Waals surface area contributed by atoms with Gasteiger partial charge in [-0.25, -0.2) is 9.78 Å². The summed E-state index contributed by atoms with van der Waals surface area (Å²) in [7, 11) is 1.30. The van der Waals surface area contributed by atoms with Crippen LogP contribution in [-0.2, 0) is 9.53 Å². The second-order valence-corrected chi connectivity index (χ2v) is 10.2. The van der Waals surface area contributed by atoms with Crippen molar-refractivity contribution in [3.8, 4) is 11.5 Å². The molecule has 190 valence electrons. The maximum Gasteiger partial charge on any atom is 0.343 e. The molecule has 0 bridgehead atoms. The Balaban J connectivity index is 1.76. The van der Waals surface area contributed by atoms with Crippen LogP contribution < -0.4 is 15.0 Å². The molecular formula is C26H27Br2N3O5. The molecule has 4 rings (SSSR count). The summed E-state index contributed by atoms with van der Waals surface area (Å²) in [6.45, 7) is 2.01. The number of nitrogens with zero attached hydrogens (tertiary/aromatic N) is 3. The van der Waals surface area contributed by atoms with Crippen LogP contribution in [0.4, 0.5) is 0 Å². The molecule has 1 fully saturated rings. The third kappa shape index (κ3) is 5.98. The van der Waals surface area contributed by atoms with E-state index in [0.717, 1.165) is 30.2 Å². The summed E-state index contributed by atoms with van der Waals surface area (Å²) in [6.07, 6.45) is 6.99. The van der Waals surface area contributed by atoms with E-state index in [1.54, 1.807) is 24.4 Å². The minimum atomic E-state index is -0.500. The number of carbonyl (C=O) groups is 1. The van der Waals surface area contributed by atoms with Gasteiger partial charge in [-0.15, -0.1) is 0 Å². The number of carbonyl (C=O) groups excluding carboxylic acids is 1. The van der Waals surface area contributed by atoms with E-state index in [1.165, 1.54) is 18.2 Å². The fraction of sp³-hybridized carbons (Fsp3) is 0.385. The molecular weight excluding hydrogens is 594 g/mol. The van der Waals surface area contributed by atoms with E-state index in [-0.39, 0.29) is 18.1 Å². The zero-order valence-corrected chi connectivity index (χ0v) is 23.3. The van der Waals surface area contributed by atoms with Crippen molar-refractivity contribution in [2.45, 2.75) is 44.9 Å². The summed E-state index contributed by atoms with van der Waals surface area (Å²) in [5.74, 6) is 1.19. The fourth-order valence-corrected chi connectivity index (χ4v) is 5.22. The van der Waals surface area contributed by atoms with Gasteiger partial charge >= 0.3 is 5.97 Å². The van der Waals surface area contributed by atoms with Crippen LogP contribution in [0.1, 0.15) is 56.3 Å². The van der Waals surface area contributed by atoms with Crippen molar-refractivity contribution >= 4 is 54.9 Å². The van der Waals surface area contributed by atoms with Crippen molar-refractivity contribution < 1.29 is 19.0 Å². The Morgan fingerprint density at radius 1 is 1.17 bits per heavy atom. The molecule has 1 aromatic heterocycles. The Morgan fingerprint density at radius 2 is 1.94 bits per heavy atom. The van der Waals surface area contributed by atoms with Crippen molar-refractivity contribution in [1.82, 2.24) is 9.66 Å². The quantitative estimate of drug-likeness (QED) is 0.233. The molecule has 0 amide bonds. The molecule has 0 N–H and O–H groups in total. The number of hydrogen-bond donors (Lipinski definition) is 0. The number of rotatable bonds is 8. The lowest BCUT2D eigenvalue weighted by molar-refractivity contribution is -0.142. The predicted molar refractivity (Wildman–Crippen MR) is 145 cm³/mol. The Hall–Kier alpha value is -2.72. The van der Waals surface area contributed by atoms with Gasteiger partial charge in [-0.3, -0.25) is 4.79 Å². The predicted octanol–water partition coefficient (Wildman–Crippen LogP) is 5.80. The van der Waals surface area contributed by atoms with E-state index in [4.69, 9.17) is 14.5 Å². The van der Waals surface area contributed by atoms with Crippen molar-refractivity contribution in [1.29, 1.82) is 0 Å². The zero-order valence-electron chi connectivity index (χ0n) is 20.1. The second-order valence-electron chi connectivity index (χ2n) is 8.46. The first-order valence-corrected chi connectivity index (χ1v) is 13.4. The first-order valence-electron chi connectivity index (χ1n) is 11.8. The molecule has 1 saturated carbocycles. The largest absolute Gasteiger partial charge is 0.490 e. The van der Waals surface area contributed by atoms with Gasteiger partial charge in [0.25, 0.3) is 5.56 Å². The lowest BCUT2D eigenvalue weighted by Gasteiger charge is -2.22. The molecule has 8 nitrogen and oxygen atoms in total. The Morgan fingerprint density at radius 3 is 2.67 bits per heavy atom. The highest BCUT2D eigenvalue weighted by Gasteiger charge is 2.22. The highest BCUT2D eigenvalue weighted by atomic mass is 79.9. The van der Waals surface area contributed by atoms with Crippen LogP contribution in [0.2, 0.25) is 0 Å². The van der Waals surface area contributed by atoms with Crippen molar-refractivity contribution in [2.75, 3.05) is 20.3 Å². The van der Waals surface area contributed by atoms with Gasteiger partial charge in [-0.1, -0.05) is 35.2 Å².